The quantitative estimate of drug-likeness (QED) is 0.724. The normalized spacial score (nSPS) is 33.6. The van der Waals surface area contributed by atoms with Gasteiger partial charge in [0.2, 0.25) is 0 Å². The van der Waals surface area contributed by atoms with Gasteiger partial charge in [-0.2, -0.15) is 8.42 Å². The summed E-state index contributed by atoms with van der Waals surface area (Å²) in [5, 5.41) is 0. The summed E-state index contributed by atoms with van der Waals surface area (Å²) in [4.78, 5) is 11.5. The minimum atomic E-state index is -4.03. The first-order chi connectivity index (χ1) is 6.35. The van der Waals surface area contributed by atoms with Crippen LogP contribution in [0.1, 0.15) is 26.7 Å². The molecule has 0 aromatic carbocycles. The van der Waals surface area contributed by atoms with Crippen LogP contribution in [-0.4, -0.2) is 24.5 Å². The van der Waals surface area contributed by atoms with Gasteiger partial charge in [-0.1, -0.05) is 20.3 Å². The van der Waals surface area contributed by atoms with Crippen LogP contribution in [0, 0.1) is 17.8 Å². The van der Waals surface area contributed by atoms with E-state index in [4.69, 9.17) is 4.55 Å². The van der Waals surface area contributed by atoms with Gasteiger partial charge < -0.3 is 0 Å². The molecule has 0 aromatic heterocycles. The number of carbonyl (C=O) groups excluding carboxylic acids is 1. The third-order valence-corrected chi connectivity index (χ3v) is 3.95. The van der Waals surface area contributed by atoms with E-state index in [1.54, 1.807) is 0 Å². The summed E-state index contributed by atoms with van der Waals surface area (Å²) in [6.45, 7) is 3.87. The molecule has 14 heavy (non-hydrogen) atoms. The lowest BCUT2D eigenvalue weighted by Gasteiger charge is -2.16. The molecule has 0 saturated heterocycles. The van der Waals surface area contributed by atoms with Crippen LogP contribution in [0.2, 0.25) is 0 Å². The van der Waals surface area contributed by atoms with Gasteiger partial charge in [-0.15, -0.1) is 0 Å². The highest BCUT2D eigenvalue weighted by molar-refractivity contribution is 7.85. The van der Waals surface area contributed by atoms with Crippen molar-refractivity contribution in [1.82, 2.24) is 0 Å². The van der Waals surface area contributed by atoms with E-state index in [9.17, 15) is 13.2 Å². The minimum absolute atomic E-state index is 0.0259. The second-order valence-electron chi connectivity index (χ2n) is 4.05. The Bertz CT molecular complexity index is 320. The van der Waals surface area contributed by atoms with Crippen molar-refractivity contribution in [3.8, 4) is 0 Å². The molecule has 0 bridgehead atoms. The van der Waals surface area contributed by atoms with Gasteiger partial charge in [-0.3, -0.25) is 9.35 Å². The summed E-state index contributed by atoms with van der Waals surface area (Å²) in [6.07, 6.45) is 1.34. The van der Waals surface area contributed by atoms with Crippen LogP contribution in [0.3, 0.4) is 0 Å². The van der Waals surface area contributed by atoms with E-state index in [1.165, 1.54) is 0 Å². The average Bonchev–Trinajstić information content (AvgIpc) is 2.29. The van der Waals surface area contributed by atoms with Gasteiger partial charge in [0.25, 0.3) is 10.1 Å². The number of rotatable bonds is 3. The lowest BCUT2D eigenvalue weighted by Crippen LogP contribution is -2.24. The molecule has 1 fully saturated rings. The first-order valence-corrected chi connectivity index (χ1v) is 6.44. The van der Waals surface area contributed by atoms with Crippen molar-refractivity contribution >= 4 is 15.9 Å². The van der Waals surface area contributed by atoms with E-state index in [2.05, 4.69) is 0 Å². The third-order valence-electron chi connectivity index (χ3n) is 3.17. The Labute approximate surface area is 84.4 Å². The van der Waals surface area contributed by atoms with Gasteiger partial charge >= 0.3 is 0 Å². The predicted octanol–water partition coefficient (Wildman–Crippen LogP) is 1.13. The lowest BCUT2D eigenvalue weighted by molar-refractivity contribution is -0.120. The zero-order valence-corrected chi connectivity index (χ0v) is 9.25. The molecule has 0 spiro atoms. The van der Waals surface area contributed by atoms with Gasteiger partial charge in [0, 0.05) is 12.3 Å². The number of Topliss-reactive ketones (excluding diaryl/α,β-unsaturated/α-hetero) is 1. The maximum absolute atomic E-state index is 11.5. The molecule has 1 rings (SSSR count). The first kappa shape index (κ1) is 11.7. The lowest BCUT2D eigenvalue weighted by atomic mass is 9.91. The highest BCUT2D eigenvalue weighted by Crippen LogP contribution is 2.36. The molecule has 0 aromatic rings. The fourth-order valence-corrected chi connectivity index (χ4v) is 3.15. The molecule has 4 nitrogen and oxygen atoms in total. The predicted molar refractivity (Wildman–Crippen MR) is 52.5 cm³/mol. The van der Waals surface area contributed by atoms with E-state index in [0.717, 1.165) is 6.42 Å². The summed E-state index contributed by atoms with van der Waals surface area (Å²) < 4.78 is 30.0. The Morgan fingerprint density at radius 2 is 2.07 bits per heavy atom. The maximum atomic E-state index is 11.5. The molecular weight excluding hydrogens is 204 g/mol. The van der Waals surface area contributed by atoms with Gasteiger partial charge in [0.1, 0.15) is 5.78 Å². The van der Waals surface area contributed by atoms with E-state index in [-0.39, 0.29) is 17.6 Å². The molecule has 3 unspecified atom stereocenters. The molecule has 0 amide bonds. The van der Waals surface area contributed by atoms with Crippen molar-refractivity contribution in [2.24, 2.45) is 17.8 Å². The van der Waals surface area contributed by atoms with E-state index in [1.807, 2.05) is 13.8 Å². The Balaban J connectivity index is 2.75. The Morgan fingerprint density at radius 1 is 1.50 bits per heavy atom. The molecule has 3 atom stereocenters. The van der Waals surface area contributed by atoms with Crippen LogP contribution in [0.5, 0.6) is 0 Å². The van der Waals surface area contributed by atoms with Crippen molar-refractivity contribution in [1.29, 1.82) is 0 Å². The van der Waals surface area contributed by atoms with Gasteiger partial charge in [-0.25, -0.2) is 0 Å². The standard InChI is InChI=1S/C9H16O4S/c1-3-7-4-9(10)8(6(7)2)5-14(11,12)13/h6-8H,3-5H2,1-2H3,(H,11,12,13). The zero-order valence-electron chi connectivity index (χ0n) is 8.43. The number of ketones is 1. The van der Waals surface area contributed by atoms with Crippen LogP contribution >= 0.6 is 0 Å². The van der Waals surface area contributed by atoms with Crippen molar-refractivity contribution in [3.05, 3.63) is 0 Å². The minimum Gasteiger partial charge on any atom is -0.299 e. The van der Waals surface area contributed by atoms with Crippen LogP contribution in [-0.2, 0) is 14.9 Å². The summed E-state index contributed by atoms with van der Waals surface area (Å²) in [7, 11) is -4.03. The Morgan fingerprint density at radius 3 is 2.43 bits per heavy atom. The molecule has 5 heteroatoms. The summed E-state index contributed by atoms with van der Waals surface area (Å²) in [5.74, 6) is -0.607. The van der Waals surface area contributed by atoms with Gasteiger partial charge in [0.05, 0.1) is 5.75 Å². The molecular formula is C9H16O4S. The molecule has 1 aliphatic carbocycles. The molecule has 82 valence electrons. The largest absolute Gasteiger partial charge is 0.299 e. The maximum Gasteiger partial charge on any atom is 0.265 e. The topological polar surface area (TPSA) is 71.4 Å². The third kappa shape index (κ3) is 2.54. The average molecular weight is 220 g/mol. The van der Waals surface area contributed by atoms with Crippen molar-refractivity contribution in [2.45, 2.75) is 26.7 Å². The second kappa shape index (κ2) is 3.98. The first-order valence-electron chi connectivity index (χ1n) is 4.83. The van der Waals surface area contributed by atoms with E-state index < -0.39 is 21.8 Å². The molecule has 0 radical (unpaired) electrons. The fourth-order valence-electron chi connectivity index (χ4n) is 2.21. The van der Waals surface area contributed by atoms with Crippen LogP contribution in [0.15, 0.2) is 0 Å². The fraction of sp³-hybridized carbons (Fsp3) is 0.889. The second-order valence-corrected chi connectivity index (χ2v) is 5.55. The van der Waals surface area contributed by atoms with Crippen LogP contribution in [0.4, 0.5) is 0 Å². The van der Waals surface area contributed by atoms with Crippen LogP contribution in [0.25, 0.3) is 0 Å². The zero-order chi connectivity index (χ0) is 10.9. The van der Waals surface area contributed by atoms with Crippen LogP contribution < -0.4 is 0 Å². The summed E-state index contributed by atoms with van der Waals surface area (Å²) in [5.41, 5.74) is 0. The van der Waals surface area contributed by atoms with Gasteiger partial charge in [-0.05, 0) is 11.8 Å². The number of carbonyl (C=O) groups is 1. The van der Waals surface area contributed by atoms with E-state index >= 15 is 0 Å². The number of hydrogen-bond acceptors (Lipinski definition) is 3. The smallest absolute Gasteiger partial charge is 0.265 e. The summed E-state index contributed by atoms with van der Waals surface area (Å²) in [6, 6.07) is 0. The monoisotopic (exact) mass is 220 g/mol. The highest BCUT2D eigenvalue weighted by atomic mass is 32.2. The summed E-state index contributed by atoms with van der Waals surface area (Å²) >= 11 is 0. The van der Waals surface area contributed by atoms with Crippen molar-refractivity contribution in [2.75, 3.05) is 5.75 Å². The Kier molecular flexibility index (Phi) is 3.32. The molecule has 1 N–H and O–H groups in total. The SMILES string of the molecule is CCC1CC(=O)C(CS(=O)(=O)O)C1C. The Hall–Kier alpha value is -0.420. The molecule has 1 aliphatic rings. The van der Waals surface area contributed by atoms with Crippen molar-refractivity contribution < 1.29 is 17.8 Å². The van der Waals surface area contributed by atoms with Crippen molar-refractivity contribution in [3.63, 3.8) is 0 Å². The van der Waals surface area contributed by atoms with Gasteiger partial charge in [0.15, 0.2) is 0 Å². The highest BCUT2D eigenvalue weighted by Gasteiger charge is 2.40. The molecule has 1 saturated carbocycles. The molecule has 0 aliphatic heterocycles. The van der Waals surface area contributed by atoms with E-state index in [0.29, 0.717) is 6.42 Å². The molecule has 0 heterocycles. The number of hydrogen-bond donors (Lipinski definition) is 1.